The summed E-state index contributed by atoms with van der Waals surface area (Å²) >= 11 is 0. The van der Waals surface area contributed by atoms with Crippen LogP contribution in [0.15, 0.2) is 0 Å². The van der Waals surface area contributed by atoms with Crippen LogP contribution in [0.2, 0.25) is 0 Å². The lowest BCUT2D eigenvalue weighted by Gasteiger charge is -1.98. The van der Waals surface area contributed by atoms with E-state index in [1.807, 2.05) is 0 Å². The smallest absolute Gasteiger partial charge is 0.217 e. The number of primary amides is 1. The van der Waals surface area contributed by atoms with Crippen molar-refractivity contribution < 1.29 is 14.7 Å². The van der Waals surface area contributed by atoms with Crippen LogP contribution >= 0.6 is 0 Å². The summed E-state index contributed by atoms with van der Waals surface area (Å²) in [7, 11) is 0. The molecule has 66 valence electrons. The number of quaternary nitrogens is 1. The van der Waals surface area contributed by atoms with E-state index in [-0.39, 0.29) is 19.0 Å². The molecule has 0 aromatic heterocycles. The first-order valence-electron chi connectivity index (χ1n) is 3.11. The van der Waals surface area contributed by atoms with Crippen LogP contribution < -0.4 is 17.0 Å². The fourth-order valence-corrected chi connectivity index (χ4v) is 0.569. The van der Waals surface area contributed by atoms with Crippen molar-refractivity contribution in [2.75, 3.05) is 0 Å². The second kappa shape index (κ2) is 7.01. The number of carboxylic acid groups (broad SMARTS) is 1. The summed E-state index contributed by atoms with van der Waals surface area (Å²) in [6.45, 7) is 0. The summed E-state index contributed by atoms with van der Waals surface area (Å²) in [5.41, 5.74) is 4.81. The van der Waals surface area contributed by atoms with Crippen molar-refractivity contribution in [2.24, 2.45) is 5.73 Å². The summed E-state index contributed by atoms with van der Waals surface area (Å²) in [6.07, 6.45) is 1.26. The van der Waals surface area contributed by atoms with Crippen LogP contribution in [0.25, 0.3) is 0 Å². The number of rotatable bonds is 5. The molecule has 0 saturated carbocycles. The fraction of sp³-hybridized carbons (Fsp3) is 0.667. The molecule has 0 aliphatic carbocycles. The van der Waals surface area contributed by atoms with E-state index in [1.54, 1.807) is 0 Å². The highest BCUT2D eigenvalue weighted by Crippen LogP contribution is 1.97. The van der Waals surface area contributed by atoms with Gasteiger partial charge < -0.3 is 21.8 Å². The van der Waals surface area contributed by atoms with Crippen molar-refractivity contribution in [3.05, 3.63) is 0 Å². The number of hydrogen-bond acceptors (Lipinski definition) is 3. The molecule has 11 heavy (non-hydrogen) atoms. The Labute approximate surface area is 65.2 Å². The summed E-state index contributed by atoms with van der Waals surface area (Å²) in [4.78, 5) is 19.9. The Morgan fingerprint density at radius 3 is 2.00 bits per heavy atom. The molecule has 0 aliphatic heterocycles. The van der Waals surface area contributed by atoms with Crippen molar-refractivity contribution in [3.63, 3.8) is 0 Å². The third-order valence-corrected chi connectivity index (χ3v) is 1.05. The maximum Gasteiger partial charge on any atom is 0.217 e. The minimum absolute atomic E-state index is 0. The van der Waals surface area contributed by atoms with Crippen molar-refractivity contribution >= 4 is 11.9 Å². The Morgan fingerprint density at radius 2 is 1.64 bits per heavy atom. The van der Waals surface area contributed by atoms with Crippen LogP contribution in [0, 0.1) is 0 Å². The molecule has 0 saturated heterocycles. The van der Waals surface area contributed by atoms with E-state index in [1.165, 1.54) is 0 Å². The average molecular weight is 162 g/mol. The first-order chi connectivity index (χ1) is 4.63. The predicted octanol–water partition coefficient (Wildman–Crippen LogP) is -0.842. The number of aliphatic carboxylic acids is 1. The number of unbranched alkanes of at least 4 members (excludes halogenated alkanes) is 1. The van der Waals surface area contributed by atoms with Gasteiger partial charge in [-0.25, -0.2) is 0 Å². The molecule has 0 aromatic carbocycles. The molecule has 0 aromatic rings. The molecule has 5 nitrogen and oxygen atoms in total. The molecule has 0 rings (SSSR count). The predicted molar refractivity (Wildman–Crippen MR) is 38.7 cm³/mol. The van der Waals surface area contributed by atoms with Crippen molar-refractivity contribution in [2.45, 2.75) is 25.7 Å². The summed E-state index contributed by atoms with van der Waals surface area (Å²) in [5, 5.41) is 9.82. The zero-order valence-electron chi connectivity index (χ0n) is 6.63. The molecule has 0 bridgehead atoms. The van der Waals surface area contributed by atoms with Gasteiger partial charge in [0.15, 0.2) is 0 Å². The van der Waals surface area contributed by atoms with Crippen LogP contribution in [-0.2, 0) is 9.59 Å². The normalized spacial score (nSPS) is 8.36. The highest BCUT2D eigenvalue weighted by Gasteiger charge is 1.93. The standard InChI is InChI=1S/C6H11NO3.H3N/c7-5(8)3-1-2-4-6(9)10;/h1-4H2,(H2,7,8)(H,9,10);1H3. The lowest BCUT2D eigenvalue weighted by Crippen LogP contribution is -2.21. The Hall–Kier alpha value is -1.10. The van der Waals surface area contributed by atoms with Gasteiger partial charge >= 0.3 is 0 Å². The van der Waals surface area contributed by atoms with E-state index in [0.29, 0.717) is 12.8 Å². The quantitative estimate of drug-likeness (QED) is 0.512. The monoisotopic (exact) mass is 162 g/mol. The van der Waals surface area contributed by atoms with E-state index < -0.39 is 11.9 Å². The number of hydrogen-bond donors (Lipinski definition) is 2. The number of nitrogens with two attached hydrogens (primary N) is 1. The fourth-order valence-electron chi connectivity index (χ4n) is 0.569. The largest absolute Gasteiger partial charge is 0.550 e. The van der Waals surface area contributed by atoms with Gasteiger partial charge in [0, 0.05) is 12.4 Å². The molecule has 5 heteroatoms. The first kappa shape index (κ1) is 12.6. The number of amides is 1. The number of carbonyl (C=O) groups excluding carboxylic acids is 2. The molecule has 0 fully saturated rings. The molecule has 1 amide bonds. The van der Waals surface area contributed by atoms with Crippen molar-refractivity contribution in [3.8, 4) is 0 Å². The summed E-state index contributed by atoms with van der Waals surface area (Å²) in [6, 6.07) is 0. The van der Waals surface area contributed by atoms with E-state index in [9.17, 15) is 14.7 Å². The van der Waals surface area contributed by atoms with E-state index in [4.69, 9.17) is 5.73 Å². The molecule has 0 spiro atoms. The molecule has 0 aliphatic rings. The van der Waals surface area contributed by atoms with Crippen LogP contribution in [0.1, 0.15) is 25.7 Å². The molecule has 6 N–H and O–H groups in total. The average Bonchev–Trinajstić information content (AvgIpc) is 1.79. The molecule has 0 unspecified atom stereocenters. The third kappa shape index (κ3) is 12.2. The maximum absolute atomic E-state index is 10.1. The first-order valence-corrected chi connectivity index (χ1v) is 3.11. The van der Waals surface area contributed by atoms with Crippen molar-refractivity contribution in [1.29, 1.82) is 0 Å². The second-order valence-electron chi connectivity index (χ2n) is 2.05. The molecular formula is C6H14N2O3. The second-order valence-corrected chi connectivity index (χ2v) is 2.05. The molecule has 0 atom stereocenters. The summed E-state index contributed by atoms with van der Waals surface area (Å²) in [5.74, 6) is -1.47. The number of carbonyl (C=O) groups is 2. The topological polar surface area (TPSA) is 120 Å². The Bertz CT molecular complexity index is 120. The van der Waals surface area contributed by atoms with Crippen LogP contribution in [0.5, 0.6) is 0 Å². The van der Waals surface area contributed by atoms with Gasteiger partial charge in [0.2, 0.25) is 5.91 Å². The zero-order chi connectivity index (χ0) is 7.98. The highest BCUT2D eigenvalue weighted by molar-refractivity contribution is 5.73. The number of carboxylic acids is 1. The lowest BCUT2D eigenvalue weighted by atomic mass is 10.2. The maximum atomic E-state index is 10.1. The van der Waals surface area contributed by atoms with Gasteiger partial charge in [-0.2, -0.15) is 0 Å². The van der Waals surface area contributed by atoms with E-state index >= 15 is 0 Å². The molecule has 0 radical (unpaired) electrons. The van der Waals surface area contributed by atoms with Gasteiger partial charge in [0.05, 0.1) is 0 Å². The van der Waals surface area contributed by atoms with Crippen molar-refractivity contribution in [1.82, 2.24) is 6.15 Å². The van der Waals surface area contributed by atoms with Gasteiger partial charge in [-0.15, -0.1) is 0 Å². The SMILES string of the molecule is NC(=O)CCCCC(=O)[O-].[NH4+]. The van der Waals surface area contributed by atoms with Crippen LogP contribution in [0.4, 0.5) is 0 Å². The third-order valence-electron chi connectivity index (χ3n) is 1.05. The van der Waals surface area contributed by atoms with Gasteiger partial charge in [-0.1, -0.05) is 0 Å². The molecule has 0 heterocycles. The van der Waals surface area contributed by atoms with Gasteiger partial charge in [0.25, 0.3) is 0 Å². The minimum Gasteiger partial charge on any atom is -0.550 e. The van der Waals surface area contributed by atoms with E-state index in [0.717, 1.165) is 0 Å². The molecular weight excluding hydrogens is 148 g/mol. The summed E-state index contributed by atoms with van der Waals surface area (Å²) < 4.78 is 0. The van der Waals surface area contributed by atoms with Gasteiger partial charge in [-0.05, 0) is 19.3 Å². The Balaban J connectivity index is 0. The zero-order valence-corrected chi connectivity index (χ0v) is 6.63. The Kier molecular flexibility index (Phi) is 8.01. The van der Waals surface area contributed by atoms with Crippen LogP contribution in [-0.4, -0.2) is 11.9 Å². The van der Waals surface area contributed by atoms with Crippen LogP contribution in [0.3, 0.4) is 0 Å². The lowest BCUT2D eigenvalue weighted by molar-refractivity contribution is -0.305. The minimum atomic E-state index is -1.08. The highest BCUT2D eigenvalue weighted by atomic mass is 16.4. The van der Waals surface area contributed by atoms with Gasteiger partial charge in [-0.3, -0.25) is 4.79 Å². The van der Waals surface area contributed by atoms with E-state index in [2.05, 4.69) is 0 Å². The van der Waals surface area contributed by atoms with Gasteiger partial charge in [0.1, 0.15) is 0 Å². The Morgan fingerprint density at radius 1 is 1.18 bits per heavy atom.